The lowest BCUT2D eigenvalue weighted by Crippen LogP contribution is -2.73. The number of hydrogen-bond acceptors (Lipinski definition) is 4. The Morgan fingerprint density at radius 3 is 1.25 bits per heavy atom. The van der Waals surface area contributed by atoms with Crippen molar-refractivity contribution in [1.82, 2.24) is 0 Å². The van der Waals surface area contributed by atoms with Crippen LogP contribution in [0.4, 0.5) is 0 Å². The maximum Gasteiger partial charge on any atom is 0.205 e. The third kappa shape index (κ3) is 2.08. The summed E-state index contributed by atoms with van der Waals surface area (Å²) in [5.74, 6) is -2.96. The third-order valence-corrected chi connectivity index (χ3v) is 4.61. The number of ether oxygens (including phenoxy) is 2. The molecule has 1 saturated heterocycles. The van der Waals surface area contributed by atoms with Gasteiger partial charge in [-0.1, -0.05) is 31.9 Å². The average Bonchev–Trinajstić information content (AvgIpc) is 2.14. The van der Waals surface area contributed by atoms with Gasteiger partial charge in [0.25, 0.3) is 0 Å². The number of aliphatic hydroxyl groups is 2. The molecule has 0 amide bonds. The molecule has 1 heterocycles. The summed E-state index contributed by atoms with van der Waals surface area (Å²) in [4.78, 5) is 0. The normalized spacial score (nSPS) is 42.0. The maximum absolute atomic E-state index is 10.4. The Labute approximate surface area is 113 Å². The monoisotopic (exact) mass is 360 g/mol. The summed E-state index contributed by atoms with van der Waals surface area (Å²) in [7, 11) is 0. The minimum absolute atomic E-state index is 0.203. The Morgan fingerprint density at radius 1 is 0.812 bits per heavy atom. The van der Waals surface area contributed by atoms with E-state index in [2.05, 4.69) is 31.9 Å². The fourth-order valence-corrected chi connectivity index (χ4v) is 3.21. The largest absolute Gasteiger partial charge is 0.363 e. The van der Waals surface area contributed by atoms with Gasteiger partial charge in [-0.25, -0.2) is 0 Å². The molecule has 1 rings (SSSR count). The maximum atomic E-state index is 10.4. The molecule has 2 atom stereocenters. The molecular formula is C10H18Br2O4. The number of rotatable bonds is 2. The molecule has 0 aromatic rings. The molecule has 96 valence electrons. The van der Waals surface area contributed by atoms with Crippen LogP contribution in [0.25, 0.3) is 0 Å². The summed E-state index contributed by atoms with van der Waals surface area (Å²) in [5.41, 5.74) is -2.04. The fraction of sp³-hybridized carbons (Fsp3) is 1.00. The van der Waals surface area contributed by atoms with Crippen LogP contribution in [0.2, 0.25) is 0 Å². The Morgan fingerprint density at radius 2 is 1.06 bits per heavy atom. The molecule has 0 aromatic heterocycles. The van der Waals surface area contributed by atoms with Gasteiger partial charge in [-0.15, -0.1) is 0 Å². The van der Waals surface area contributed by atoms with Crippen LogP contribution in [-0.4, -0.2) is 43.6 Å². The van der Waals surface area contributed by atoms with Crippen LogP contribution in [-0.2, 0) is 9.47 Å². The van der Waals surface area contributed by atoms with E-state index in [9.17, 15) is 10.2 Å². The zero-order valence-corrected chi connectivity index (χ0v) is 13.1. The van der Waals surface area contributed by atoms with Gasteiger partial charge in [0.05, 0.1) is 10.7 Å². The summed E-state index contributed by atoms with van der Waals surface area (Å²) in [6, 6.07) is 0. The smallest absolute Gasteiger partial charge is 0.205 e. The fourth-order valence-electron chi connectivity index (χ4n) is 1.63. The van der Waals surface area contributed by atoms with E-state index in [1.807, 2.05) is 0 Å². The van der Waals surface area contributed by atoms with Gasteiger partial charge in [-0.05, 0) is 27.7 Å². The zero-order chi connectivity index (χ0) is 12.8. The second-order valence-electron chi connectivity index (χ2n) is 5.06. The molecular weight excluding hydrogens is 344 g/mol. The molecule has 2 unspecified atom stereocenters. The highest BCUT2D eigenvalue weighted by Crippen LogP contribution is 2.46. The van der Waals surface area contributed by atoms with E-state index in [0.717, 1.165) is 0 Å². The van der Waals surface area contributed by atoms with Gasteiger partial charge >= 0.3 is 0 Å². The molecule has 4 nitrogen and oxygen atoms in total. The first kappa shape index (κ1) is 14.9. The Balaban J connectivity index is 3.14. The number of halogens is 2. The molecule has 2 N–H and O–H groups in total. The SMILES string of the molecule is CC1(C)OC(O)(CBr)C(C)(C)OC1(O)CBr. The molecule has 0 bridgehead atoms. The van der Waals surface area contributed by atoms with E-state index in [1.54, 1.807) is 27.7 Å². The molecule has 0 aromatic carbocycles. The van der Waals surface area contributed by atoms with Crippen LogP contribution < -0.4 is 0 Å². The average molecular weight is 362 g/mol. The van der Waals surface area contributed by atoms with Crippen molar-refractivity contribution in [2.75, 3.05) is 10.7 Å². The topological polar surface area (TPSA) is 58.9 Å². The molecule has 0 spiro atoms. The van der Waals surface area contributed by atoms with Gasteiger partial charge in [0.15, 0.2) is 0 Å². The minimum atomic E-state index is -1.48. The lowest BCUT2D eigenvalue weighted by Gasteiger charge is -2.57. The van der Waals surface area contributed by atoms with Crippen molar-refractivity contribution in [1.29, 1.82) is 0 Å². The molecule has 16 heavy (non-hydrogen) atoms. The van der Waals surface area contributed by atoms with Crippen molar-refractivity contribution < 1.29 is 19.7 Å². The number of hydrogen-bond donors (Lipinski definition) is 2. The summed E-state index contributed by atoms with van der Waals surface area (Å²) in [5, 5.41) is 21.1. The second-order valence-corrected chi connectivity index (χ2v) is 6.18. The minimum Gasteiger partial charge on any atom is -0.363 e. The highest BCUT2D eigenvalue weighted by Gasteiger charge is 2.63. The third-order valence-electron chi connectivity index (χ3n) is 3.09. The summed E-state index contributed by atoms with van der Waals surface area (Å²) in [6.07, 6.45) is 0. The summed E-state index contributed by atoms with van der Waals surface area (Å²) in [6.45, 7) is 6.71. The van der Waals surface area contributed by atoms with Gasteiger partial charge < -0.3 is 19.7 Å². The van der Waals surface area contributed by atoms with Crippen LogP contribution in [0.5, 0.6) is 0 Å². The first-order valence-corrected chi connectivity index (χ1v) is 7.25. The molecule has 0 aliphatic carbocycles. The predicted molar refractivity (Wildman–Crippen MR) is 67.8 cm³/mol. The quantitative estimate of drug-likeness (QED) is 0.736. The van der Waals surface area contributed by atoms with Crippen molar-refractivity contribution in [2.45, 2.75) is 50.5 Å². The van der Waals surface area contributed by atoms with Crippen LogP contribution >= 0.6 is 31.9 Å². The zero-order valence-electron chi connectivity index (χ0n) is 9.88. The van der Waals surface area contributed by atoms with E-state index >= 15 is 0 Å². The van der Waals surface area contributed by atoms with Gasteiger partial charge in [-0.3, -0.25) is 0 Å². The lowest BCUT2D eigenvalue weighted by molar-refractivity contribution is -0.461. The first-order chi connectivity index (χ1) is 7.04. The van der Waals surface area contributed by atoms with Crippen molar-refractivity contribution in [3.8, 4) is 0 Å². The molecule has 1 aliphatic rings. The molecule has 0 radical (unpaired) electrons. The lowest BCUT2D eigenvalue weighted by atomic mass is 9.89. The Bertz CT molecular complexity index is 254. The van der Waals surface area contributed by atoms with E-state index in [0.29, 0.717) is 0 Å². The molecule has 6 heteroatoms. The van der Waals surface area contributed by atoms with Crippen molar-refractivity contribution >= 4 is 31.9 Å². The number of alkyl halides is 2. The van der Waals surface area contributed by atoms with Gasteiger partial charge in [-0.2, -0.15) is 0 Å². The van der Waals surface area contributed by atoms with E-state index in [-0.39, 0.29) is 10.7 Å². The predicted octanol–water partition coefficient (Wildman–Crippen LogP) is 1.76. The molecule has 1 aliphatic heterocycles. The standard InChI is InChI=1S/C10H18Br2O4/c1-7(2)9(13,5-11)16-8(3,4)10(14,6-12)15-7/h13-14H,5-6H2,1-4H3. The van der Waals surface area contributed by atoms with Gasteiger partial charge in [0.2, 0.25) is 11.6 Å². The summed E-state index contributed by atoms with van der Waals surface area (Å²) >= 11 is 6.41. The highest BCUT2D eigenvalue weighted by atomic mass is 79.9. The van der Waals surface area contributed by atoms with Crippen molar-refractivity contribution in [2.24, 2.45) is 0 Å². The van der Waals surface area contributed by atoms with Gasteiger partial charge in [0, 0.05) is 0 Å². The van der Waals surface area contributed by atoms with E-state index in [4.69, 9.17) is 9.47 Å². The Hall–Kier alpha value is 0.800. The Kier molecular flexibility index (Phi) is 3.88. The van der Waals surface area contributed by atoms with Crippen molar-refractivity contribution in [3.05, 3.63) is 0 Å². The van der Waals surface area contributed by atoms with Gasteiger partial charge in [0.1, 0.15) is 11.2 Å². The second kappa shape index (κ2) is 4.17. The highest BCUT2D eigenvalue weighted by molar-refractivity contribution is 9.09. The van der Waals surface area contributed by atoms with E-state index < -0.39 is 22.8 Å². The first-order valence-electron chi connectivity index (χ1n) is 5.01. The van der Waals surface area contributed by atoms with Crippen LogP contribution in [0.3, 0.4) is 0 Å². The van der Waals surface area contributed by atoms with Crippen LogP contribution in [0.15, 0.2) is 0 Å². The van der Waals surface area contributed by atoms with Crippen LogP contribution in [0.1, 0.15) is 27.7 Å². The molecule has 0 saturated carbocycles. The van der Waals surface area contributed by atoms with Crippen LogP contribution in [0, 0.1) is 0 Å². The van der Waals surface area contributed by atoms with Crippen molar-refractivity contribution in [3.63, 3.8) is 0 Å². The summed E-state index contributed by atoms with van der Waals surface area (Å²) < 4.78 is 11.3. The van der Waals surface area contributed by atoms with E-state index in [1.165, 1.54) is 0 Å². The molecule has 1 fully saturated rings.